The quantitative estimate of drug-likeness (QED) is 0.744. The smallest absolute Gasteiger partial charge is 0.311 e. The maximum atomic E-state index is 11.7. The molecule has 1 amide bonds. The summed E-state index contributed by atoms with van der Waals surface area (Å²) in [5.74, 6) is -0.618. The molecular weight excluding hydrogens is 248 g/mol. The number of carbonyl (C=O) groups is 2. The van der Waals surface area contributed by atoms with Crippen LogP contribution in [0.15, 0.2) is 18.5 Å². The number of hydrogen-bond acceptors (Lipinski definition) is 5. The predicted octanol–water partition coefficient (Wildman–Crippen LogP) is -0.106. The Labute approximate surface area is 110 Å². The molecule has 102 valence electrons. The van der Waals surface area contributed by atoms with Crippen molar-refractivity contribution in [3.63, 3.8) is 0 Å². The minimum absolute atomic E-state index is 0.0969. The van der Waals surface area contributed by atoms with Crippen molar-refractivity contribution in [2.45, 2.75) is 12.8 Å². The van der Waals surface area contributed by atoms with Crippen LogP contribution >= 0.6 is 0 Å². The molecular formula is C12H16N4O3. The predicted molar refractivity (Wildman–Crippen MR) is 67.6 cm³/mol. The first-order valence-corrected chi connectivity index (χ1v) is 6.02. The molecule has 0 bridgehead atoms. The van der Waals surface area contributed by atoms with E-state index in [1.807, 2.05) is 0 Å². The molecule has 0 saturated heterocycles. The zero-order valence-corrected chi connectivity index (χ0v) is 10.7. The van der Waals surface area contributed by atoms with Crippen LogP contribution in [0.4, 0.5) is 5.95 Å². The van der Waals surface area contributed by atoms with Crippen molar-refractivity contribution in [3.05, 3.63) is 18.5 Å². The van der Waals surface area contributed by atoms with E-state index in [4.69, 9.17) is 5.11 Å². The Morgan fingerprint density at radius 2 is 2.05 bits per heavy atom. The van der Waals surface area contributed by atoms with Gasteiger partial charge in [0.2, 0.25) is 11.9 Å². The van der Waals surface area contributed by atoms with Crippen LogP contribution in [-0.4, -0.2) is 47.1 Å². The zero-order valence-electron chi connectivity index (χ0n) is 10.7. The van der Waals surface area contributed by atoms with Gasteiger partial charge in [-0.3, -0.25) is 9.59 Å². The third-order valence-corrected chi connectivity index (χ3v) is 3.21. The number of likely N-dealkylation sites (N-methyl/N-ethyl adjacent to an activating group) is 1. The second kappa shape index (κ2) is 5.21. The molecule has 7 heteroatoms. The molecule has 19 heavy (non-hydrogen) atoms. The van der Waals surface area contributed by atoms with Crippen molar-refractivity contribution < 1.29 is 14.7 Å². The number of hydrogen-bond donors (Lipinski definition) is 2. The summed E-state index contributed by atoms with van der Waals surface area (Å²) < 4.78 is 0. The van der Waals surface area contributed by atoms with Gasteiger partial charge >= 0.3 is 5.97 Å². The summed E-state index contributed by atoms with van der Waals surface area (Å²) in [4.78, 5) is 32.3. The van der Waals surface area contributed by atoms with E-state index in [-0.39, 0.29) is 19.0 Å². The van der Waals surface area contributed by atoms with Crippen LogP contribution in [0.25, 0.3) is 0 Å². The van der Waals surface area contributed by atoms with Crippen LogP contribution in [-0.2, 0) is 9.59 Å². The van der Waals surface area contributed by atoms with Gasteiger partial charge in [-0.05, 0) is 18.9 Å². The lowest BCUT2D eigenvalue weighted by atomic mass is 10.1. The highest BCUT2D eigenvalue weighted by molar-refractivity contribution is 5.83. The lowest BCUT2D eigenvalue weighted by Crippen LogP contribution is -2.40. The second-order valence-electron chi connectivity index (χ2n) is 4.77. The maximum absolute atomic E-state index is 11.7. The molecule has 0 atom stereocenters. The van der Waals surface area contributed by atoms with Gasteiger partial charge in [0.05, 0.1) is 12.0 Å². The number of nitrogens with zero attached hydrogens (tertiary/aromatic N) is 3. The highest BCUT2D eigenvalue weighted by atomic mass is 16.4. The molecule has 1 aliphatic rings. The molecule has 0 radical (unpaired) electrons. The average Bonchev–Trinajstić information content (AvgIpc) is 3.18. The van der Waals surface area contributed by atoms with E-state index in [9.17, 15) is 9.59 Å². The number of aromatic nitrogens is 2. The van der Waals surface area contributed by atoms with Crippen molar-refractivity contribution in [2.75, 3.05) is 25.0 Å². The number of nitrogens with one attached hydrogen (secondary N) is 1. The number of carboxylic acids is 1. The molecule has 1 aliphatic carbocycles. The summed E-state index contributed by atoms with van der Waals surface area (Å²) in [6.45, 7) is 0.282. The molecule has 7 nitrogen and oxygen atoms in total. The van der Waals surface area contributed by atoms with Crippen molar-refractivity contribution >= 4 is 17.8 Å². The minimum Gasteiger partial charge on any atom is -0.481 e. The summed E-state index contributed by atoms with van der Waals surface area (Å²) in [5, 5.41) is 11.6. The Balaban J connectivity index is 1.80. The molecule has 1 aromatic heterocycles. The Kier molecular flexibility index (Phi) is 3.64. The summed E-state index contributed by atoms with van der Waals surface area (Å²) in [5.41, 5.74) is -0.739. The van der Waals surface area contributed by atoms with Crippen molar-refractivity contribution in [1.82, 2.24) is 15.3 Å². The van der Waals surface area contributed by atoms with Crippen molar-refractivity contribution in [2.24, 2.45) is 5.41 Å². The van der Waals surface area contributed by atoms with Crippen molar-refractivity contribution in [1.29, 1.82) is 0 Å². The van der Waals surface area contributed by atoms with Crippen LogP contribution < -0.4 is 10.2 Å². The van der Waals surface area contributed by atoms with Gasteiger partial charge in [-0.15, -0.1) is 0 Å². The molecule has 2 rings (SSSR count). The fourth-order valence-electron chi connectivity index (χ4n) is 1.72. The third kappa shape index (κ3) is 3.18. The second-order valence-corrected chi connectivity index (χ2v) is 4.77. The number of amides is 1. The van der Waals surface area contributed by atoms with Gasteiger partial charge in [0.25, 0.3) is 0 Å². The SMILES string of the molecule is CN(CC(=O)NCC1(C(=O)O)CC1)c1ncccn1. The normalized spacial score (nSPS) is 15.6. The molecule has 1 saturated carbocycles. The molecule has 0 unspecified atom stereocenters. The molecule has 1 heterocycles. The van der Waals surface area contributed by atoms with Gasteiger partial charge < -0.3 is 15.3 Å². The van der Waals surface area contributed by atoms with E-state index >= 15 is 0 Å². The summed E-state index contributed by atoms with van der Waals surface area (Å²) in [7, 11) is 1.71. The largest absolute Gasteiger partial charge is 0.481 e. The van der Waals surface area contributed by atoms with Crippen LogP contribution in [0.2, 0.25) is 0 Å². The lowest BCUT2D eigenvalue weighted by Gasteiger charge is -2.17. The van der Waals surface area contributed by atoms with Crippen LogP contribution in [0.1, 0.15) is 12.8 Å². The van der Waals surface area contributed by atoms with Gasteiger partial charge in [-0.1, -0.05) is 0 Å². The molecule has 1 fully saturated rings. The highest BCUT2D eigenvalue weighted by Crippen LogP contribution is 2.45. The van der Waals surface area contributed by atoms with Gasteiger partial charge in [-0.2, -0.15) is 0 Å². The molecule has 0 spiro atoms. The summed E-state index contributed by atoms with van der Waals surface area (Å²) in [6.07, 6.45) is 4.45. The standard InChI is InChI=1S/C12H16N4O3/c1-16(11-13-5-2-6-14-11)7-9(17)15-8-12(3-4-12)10(18)19/h2,5-6H,3-4,7-8H2,1H3,(H,15,17)(H,18,19). The fraction of sp³-hybridized carbons (Fsp3) is 0.500. The third-order valence-electron chi connectivity index (χ3n) is 3.21. The number of carbonyl (C=O) groups excluding carboxylic acids is 1. The molecule has 2 N–H and O–H groups in total. The van der Waals surface area contributed by atoms with Gasteiger partial charge in [0.15, 0.2) is 0 Å². The van der Waals surface area contributed by atoms with E-state index in [0.717, 1.165) is 0 Å². The molecule has 0 aromatic carbocycles. The van der Waals surface area contributed by atoms with Crippen LogP contribution in [0, 0.1) is 5.41 Å². The van der Waals surface area contributed by atoms with Gasteiger partial charge in [0.1, 0.15) is 0 Å². The fourth-order valence-corrected chi connectivity index (χ4v) is 1.72. The summed E-state index contributed by atoms with van der Waals surface area (Å²) >= 11 is 0. The molecule has 0 aliphatic heterocycles. The zero-order chi connectivity index (χ0) is 13.9. The number of anilines is 1. The first-order valence-electron chi connectivity index (χ1n) is 6.02. The van der Waals surface area contributed by atoms with E-state index in [2.05, 4.69) is 15.3 Å². The van der Waals surface area contributed by atoms with Gasteiger partial charge in [-0.25, -0.2) is 9.97 Å². The van der Waals surface area contributed by atoms with Gasteiger partial charge in [0, 0.05) is 26.0 Å². The van der Waals surface area contributed by atoms with Crippen molar-refractivity contribution in [3.8, 4) is 0 Å². The van der Waals surface area contributed by atoms with E-state index < -0.39 is 11.4 Å². The van der Waals surface area contributed by atoms with E-state index in [1.54, 1.807) is 30.4 Å². The number of aliphatic carboxylic acids is 1. The first-order chi connectivity index (χ1) is 9.03. The Morgan fingerprint density at radius 1 is 1.42 bits per heavy atom. The van der Waals surface area contributed by atoms with E-state index in [1.165, 1.54) is 0 Å². The van der Waals surface area contributed by atoms with Crippen LogP contribution in [0.5, 0.6) is 0 Å². The Morgan fingerprint density at radius 3 is 2.58 bits per heavy atom. The first kappa shape index (κ1) is 13.3. The minimum atomic E-state index is -0.840. The van der Waals surface area contributed by atoms with E-state index in [0.29, 0.717) is 18.8 Å². The Bertz CT molecular complexity index is 473. The number of carboxylic acid groups (broad SMARTS) is 1. The lowest BCUT2D eigenvalue weighted by molar-refractivity contribution is -0.143. The Hall–Kier alpha value is -2.18. The maximum Gasteiger partial charge on any atom is 0.311 e. The summed E-state index contributed by atoms with van der Waals surface area (Å²) in [6, 6.07) is 1.70. The van der Waals surface area contributed by atoms with Crippen LogP contribution in [0.3, 0.4) is 0 Å². The number of rotatable bonds is 6. The highest BCUT2D eigenvalue weighted by Gasteiger charge is 2.50. The topological polar surface area (TPSA) is 95.4 Å². The molecule has 1 aromatic rings. The monoisotopic (exact) mass is 264 g/mol. The average molecular weight is 264 g/mol.